The minimum Gasteiger partial charge on any atom is -0.490 e. The second-order valence-corrected chi connectivity index (χ2v) is 3.52. The van der Waals surface area contributed by atoms with Crippen molar-refractivity contribution in [3.8, 4) is 5.75 Å². The monoisotopic (exact) mass is 203 g/mol. The number of hydrogen-bond acceptors (Lipinski definition) is 3. The summed E-state index contributed by atoms with van der Waals surface area (Å²) in [5.41, 5.74) is 1.62. The molecular weight excluding hydrogens is 190 g/mol. The zero-order valence-corrected chi connectivity index (χ0v) is 8.69. The molecule has 0 radical (unpaired) electrons. The van der Waals surface area contributed by atoms with Crippen LogP contribution in [-0.4, -0.2) is 26.0 Å². The number of carbonyl (C=O) groups excluding carboxylic acids is 1. The Kier molecular flexibility index (Phi) is 2.46. The van der Waals surface area contributed by atoms with Gasteiger partial charge in [-0.05, 0) is 24.3 Å². The number of rotatable bonds is 2. The lowest BCUT2D eigenvalue weighted by molar-refractivity contribution is 0.104. The number of nitrogens with zero attached hydrogens (tertiary/aromatic N) is 1. The Morgan fingerprint density at radius 2 is 2.40 bits per heavy atom. The van der Waals surface area contributed by atoms with Gasteiger partial charge in [-0.25, -0.2) is 0 Å². The van der Waals surface area contributed by atoms with Crippen molar-refractivity contribution < 1.29 is 9.53 Å². The highest BCUT2D eigenvalue weighted by Gasteiger charge is 2.16. The highest BCUT2D eigenvalue weighted by molar-refractivity contribution is 6.05. The molecule has 0 fully saturated rings. The fraction of sp³-hybridized carbons (Fsp3) is 0.250. The van der Waals surface area contributed by atoms with Gasteiger partial charge in [-0.15, -0.1) is 0 Å². The number of ketones is 1. The quantitative estimate of drug-likeness (QED) is 0.543. The van der Waals surface area contributed by atoms with E-state index in [-0.39, 0.29) is 5.78 Å². The van der Waals surface area contributed by atoms with E-state index in [9.17, 15) is 4.79 Å². The fourth-order valence-electron chi connectivity index (χ4n) is 1.62. The first-order chi connectivity index (χ1) is 7.22. The van der Waals surface area contributed by atoms with Gasteiger partial charge in [0.15, 0.2) is 5.78 Å². The van der Waals surface area contributed by atoms with Crippen molar-refractivity contribution in [3.05, 3.63) is 36.4 Å². The standard InChI is InChI=1S/C12H13NO2/c1-3-11(14)9-4-5-12-10(8-9)13(2)6-7-15-12/h3-5,8H,1,6-7H2,2H3. The maximum Gasteiger partial charge on any atom is 0.185 e. The van der Waals surface area contributed by atoms with Crippen LogP contribution in [0.4, 0.5) is 5.69 Å². The van der Waals surface area contributed by atoms with E-state index in [0.717, 1.165) is 18.0 Å². The van der Waals surface area contributed by atoms with Crippen LogP contribution in [0.5, 0.6) is 5.75 Å². The van der Waals surface area contributed by atoms with Crippen molar-refractivity contribution in [3.63, 3.8) is 0 Å². The Hall–Kier alpha value is -1.77. The summed E-state index contributed by atoms with van der Waals surface area (Å²) in [5, 5.41) is 0. The molecule has 0 spiro atoms. The summed E-state index contributed by atoms with van der Waals surface area (Å²) >= 11 is 0. The third-order valence-corrected chi connectivity index (χ3v) is 2.52. The topological polar surface area (TPSA) is 29.5 Å². The molecule has 0 atom stereocenters. The lowest BCUT2D eigenvalue weighted by atomic mass is 10.1. The highest BCUT2D eigenvalue weighted by Crippen LogP contribution is 2.31. The summed E-state index contributed by atoms with van der Waals surface area (Å²) in [7, 11) is 1.99. The van der Waals surface area contributed by atoms with Crippen molar-refractivity contribution in [2.24, 2.45) is 0 Å². The third-order valence-electron chi connectivity index (χ3n) is 2.52. The summed E-state index contributed by atoms with van der Waals surface area (Å²) in [4.78, 5) is 13.5. The average Bonchev–Trinajstić information content (AvgIpc) is 2.28. The van der Waals surface area contributed by atoms with Crippen LogP contribution in [0.2, 0.25) is 0 Å². The Bertz CT molecular complexity index is 412. The molecule has 1 aromatic rings. The SMILES string of the molecule is C=CC(=O)c1ccc2c(c1)N(C)CCO2. The van der Waals surface area contributed by atoms with Gasteiger partial charge in [0, 0.05) is 12.6 Å². The summed E-state index contributed by atoms with van der Waals surface area (Å²) < 4.78 is 5.48. The van der Waals surface area contributed by atoms with E-state index >= 15 is 0 Å². The average molecular weight is 203 g/mol. The van der Waals surface area contributed by atoms with E-state index in [1.54, 1.807) is 6.07 Å². The summed E-state index contributed by atoms with van der Waals surface area (Å²) in [6.45, 7) is 5.01. The molecule has 0 bridgehead atoms. The Balaban J connectivity index is 2.43. The lowest BCUT2D eigenvalue weighted by Gasteiger charge is -2.27. The zero-order valence-electron chi connectivity index (χ0n) is 8.69. The number of ether oxygens (including phenoxy) is 1. The minimum absolute atomic E-state index is 0.0585. The van der Waals surface area contributed by atoms with Crippen LogP contribution >= 0.6 is 0 Å². The molecule has 0 saturated carbocycles. The predicted molar refractivity (Wildman–Crippen MR) is 59.7 cm³/mol. The fourth-order valence-corrected chi connectivity index (χ4v) is 1.62. The van der Waals surface area contributed by atoms with Gasteiger partial charge in [0.25, 0.3) is 0 Å². The molecule has 0 aromatic heterocycles. The molecule has 1 aliphatic rings. The molecule has 0 N–H and O–H groups in total. The number of benzene rings is 1. The van der Waals surface area contributed by atoms with Gasteiger partial charge in [-0.2, -0.15) is 0 Å². The van der Waals surface area contributed by atoms with Crippen LogP contribution in [0, 0.1) is 0 Å². The molecule has 0 amide bonds. The molecule has 78 valence electrons. The molecule has 1 aliphatic heterocycles. The molecule has 1 heterocycles. The molecular formula is C12H13NO2. The molecule has 15 heavy (non-hydrogen) atoms. The zero-order chi connectivity index (χ0) is 10.8. The first-order valence-electron chi connectivity index (χ1n) is 4.87. The van der Waals surface area contributed by atoms with Crippen molar-refractivity contribution in [1.82, 2.24) is 0 Å². The highest BCUT2D eigenvalue weighted by atomic mass is 16.5. The van der Waals surface area contributed by atoms with Gasteiger partial charge in [0.2, 0.25) is 0 Å². The van der Waals surface area contributed by atoms with Crippen LogP contribution in [-0.2, 0) is 0 Å². The second kappa shape index (κ2) is 3.77. The number of hydrogen-bond donors (Lipinski definition) is 0. The smallest absolute Gasteiger partial charge is 0.185 e. The van der Waals surface area contributed by atoms with Crippen molar-refractivity contribution in [2.75, 3.05) is 25.1 Å². The number of fused-ring (bicyclic) bond motifs is 1. The van der Waals surface area contributed by atoms with Gasteiger partial charge in [-0.3, -0.25) is 4.79 Å². The minimum atomic E-state index is -0.0585. The van der Waals surface area contributed by atoms with E-state index in [1.807, 2.05) is 19.2 Å². The number of allylic oxidation sites excluding steroid dienone is 1. The van der Waals surface area contributed by atoms with Gasteiger partial charge < -0.3 is 9.64 Å². The normalized spacial score (nSPS) is 14.1. The molecule has 3 heteroatoms. The van der Waals surface area contributed by atoms with Gasteiger partial charge in [0.1, 0.15) is 12.4 Å². The lowest BCUT2D eigenvalue weighted by Crippen LogP contribution is -2.28. The number of carbonyl (C=O) groups is 1. The van der Waals surface area contributed by atoms with E-state index in [2.05, 4.69) is 11.5 Å². The van der Waals surface area contributed by atoms with Crippen LogP contribution < -0.4 is 9.64 Å². The maximum absolute atomic E-state index is 11.4. The summed E-state index contributed by atoms with van der Waals surface area (Å²) in [6, 6.07) is 5.45. The van der Waals surface area contributed by atoms with Gasteiger partial charge in [-0.1, -0.05) is 6.58 Å². The second-order valence-electron chi connectivity index (χ2n) is 3.52. The van der Waals surface area contributed by atoms with E-state index in [4.69, 9.17) is 4.74 Å². The first kappa shape index (κ1) is 9.77. The summed E-state index contributed by atoms with van der Waals surface area (Å²) in [5.74, 6) is 0.779. The first-order valence-corrected chi connectivity index (χ1v) is 4.87. The van der Waals surface area contributed by atoms with Gasteiger partial charge >= 0.3 is 0 Å². The third kappa shape index (κ3) is 1.73. The van der Waals surface area contributed by atoms with E-state index in [1.165, 1.54) is 6.08 Å². The van der Waals surface area contributed by atoms with Gasteiger partial charge in [0.05, 0.1) is 12.2 Å². The number of anilines is 1. The molecule has 3 nitrogen and oxygen atoms in total. The Morgan fingerprint density at radius 1 is 1.60 bits per heavy atom. The molecule has 2 rings (SSSR count). The van der Waals surface area contributed by atoms with E-state index in [0.29, 0.717) is 12.2 Å². The molecule has 1 aromatic carbocycles. The van der Waals surface area contributed by atoms with Crippen molar-refractivity contribution in [2.45, 2.75) is 0 Å². The van der Waals surface area contributed by atoms with Crippen LogP contribution in [0.15, 0.2) is 30.9 Å². The molecule has 0 unspecified atom stereocenters. The molecule has 0 aliphatic carbocycles. The van der Waals surface area contributed by atoms with Crippen LogP contribution in [0.3, 0.4) is 0 Å². The van der Waals surface area contributed by atoms with Crippen LogP contribution in [0.25, 0.3) is 0 Å². The Labute approximate surface area is 89.0 Å². The molecule has 0 saturated heterocycles. The predicted octanol–water partition coefficient (Wildman–Crippen LogP) is 1.88. The maximum atomic E-state index is 11.4. The van der Waals surface area contributed by atoms with Crippen molar-refractivity contribution >= 4 is 11.5 Å². The van der Waals surface area contributed by atoms with Crippen LogP contribution in [0.1, 0.15) is 10.4 Å². The van der Waals surface area contributed by atoms with Crippen molar-refractivity contribution in [1.29, 1.82) is 0 Å². The number of likely N-dealkylation sites (N-methyl/N-ethyl adjacent to an activating group) is 1. The Morgan fingerprint density at radius 3 is 3.13 bits per heavy atom. The van der Waals surface area contributed by atoms with E-state index < -0.39 is 0 Å². The summed E-state index contributed by atoms with van der Waals surface area (Å²) in [6.07, 6.45) is 1.32. The largest absolute Gasteiger partial charge is 0.490 e.